The molecule has 3 rings (SSSR count). The van der Waals surface area contributed by atoms with Crippen LogP contribution in [0.5, 0.6) is 0 Å². The summed E-state index contributed by atoms with van der Waals surface area (Å²) in [5, 5.41) is 6.72. The van der Waals surface area contributed by atoms with Crippen molar-refractivity contribution in [3.05, 3.63) is 45.4 Å². The Morgan fingerprint density at radius 2 is 2.21 bits per heavy atom. The Kier molecular flexibility index (Phi) is 3.63. The number of thiazole rings is 1. The Morgan fingerprint density at radius 3 is 2.95 bits per heavy atom. The van der Waals surface area contributed by atoms with Gasteiger partial charge in [0.05, 0.1) is 16.0 Å². The molecule has 1 aromatic heterocycles. The standard InChI is InChI=1S/C13H12BrN3OS/c14-11-7-16-13(19-11)17-12(18)10-5-8-3-1-2-4-9(8)6-15-10/h1-4,7,10,15H,5-6H2,(H,16,17,18)/t10-/m0/s1. The van der Waals surface area contributed by atoms with Crippen molar-refractivity contribution in [1.82, 2.24) is 10.3 Å². The zero-order valence-corrected chi connectivity index (χ0v) is 12.4. The number of fused-ring (bicyclic) bond motifs is 1. The number of rotatable bonds is 2. The molecule has 1 atom stereocenters. The first-order chi connectivity index (χ1) is 9.22. The molecule has 0 spiro atoms. The third-order valence-corrected chi connectivity index (χ3v) is 4.50. The highest BCUT2D eigenvalue weighted by molar-refractivity contribution is 9.11. The largest absolute Gasteiger partial charge is 0.301 e. The second kappa shape index (κ2) is 5.40. The Labute approximate surface area is 123 Å². The van der Waals surface area contributed by atoms with E-state index in [-0.39, 0.29) is 11.9 Å². The summed E-state index contributed by atoms with van der Waals surface area (Å²) in [4.78, 5) is 16.3. The van der Waals surface area contributed by atoms with Crippen molar-refractivity contribution in [3.8, 4) is 0 Å². The predicted octanol–water partition coefficient (Wildman–Crippen LogP) is 2.56. The van der Waals surface area contributed by atoms with Crippen molar-refractivity contribution in [1.29, 1.82) is 0 Å². The Balaban J connectivity index is 1.69. The number of benzene rings is 1. The fourth-order valence-corrected chi connectivity index (χ4v) is 3.25. The topological polar surface area (TPSA) is 54.0 Å². The van der Waals surface area contributed by atoms with Gasteiger partial charge in [0.2, 0.25) is 5.91 Å². The fourth-order valence-electron chi connectivity index (χ4n) is 2.14. The van der Waals surface area contributed by atoms with Crippen molar-refractivity contribution < 1.29 is 4.79 Å². The Bertz CT molecular complexity index is 613. The van der Waals surface area contributed by atoms with E-state index in [2.05, 4.69) is 43.7 Å². The van der Waals surface area contributed by atoms with Crippen molar-refractivity contribution in [2.24, 2.45) is 0 Å². The molecule has 1 aliphatic heterocycles. The average molecular weight is 338 g/mol. The molecule has 98 valence electrons. The minimum absolute atomic E-state index is 0.0312. The number of hydrogen-bond acceptors (Lipinski definition) is 4. The zero-order valence-electron chi connectivity index (χ0n) is 10.0. The van der Waals surface area contributed by atoms with Gasteiger partial charge in [0.25, 0.3) is 0 Å². The van der Waals surface area contributed by atoms with Gasteiger partial charge in [0, 0.05) is 6.54 Å². The van der Waals surface area contributed by atoms with Crippen molar-refractivity contribution >= 4 is 38.3 Å². The summed E-state index contributed by atoms with van der Waals surface area (Å²) in [5.41, 5.74) is 2.50. The summed E-state index contributed by atoms with van der Waals surface area (Å²) in [6, 6.07) is 8.01. The van der Waals surface area contributed by atoms with Crippen LogP contribution >= 0.6 is 27.3 Å². The fraction of sp³-hybridized carbons (Fsp3) is 0.231. The molecule has 2 aromatic rings. The van der Waals surface area contributed by atoms with Crippen LogP contribution in [-0.2, 0) is 17.8 Å². The quantitative estimate of drug-likeness (QED) is 0.885. The van der Waals surface area contributed by atoms with Crippen molar-refractivity contribution in [2.75, 3.05) is 5.32 Å². The number of halogens is 1. The Hall–Kier alpha value is -1.24. The van der Waals surface area contributed by atoms with E-state index < -0.39 is 0 Å². The van der Waals surface area contributed by atoms with Crippen LogP contribution in [0.25, 0.3) is 0 Å². The molecule has 6 heteroatoms. The van der Waals surface area contributed by atoms with Gasteiger partial charge in [-0.25, -0.2) is 4.98 Å². The molecule has 0 bridgehead atoms. The lowest BCUT2D eigenvalue weighted by Gasteiger charge is -2.24. The normalized spacial score (nSPS) is 17.8. The van der Waals surface area contributed by atoms with Crippen molar-refractivity contribution in [3.63, 3.8) is 0 Å². The maximum Gasteiger partial charge on any atom is 0.243 e. The summed E-state index contributed by atoms with van der Waals surface area (Å²) >= 11 is 4.74. The zero-order chi connectivity index (χ0) is 13.2. The van der Waals surface area contributed by atoms with Gasteiger partial charge in [-0.1, -0.05) is 35.6 Å². The lowest BCUT2D eigenvalue weighted by molar-refractivity contribution is -0.118. The van der Waals surface area contributed by atoms with Crippen LogP contribution in [0.4, 0.5) is 5.13 Å². The molecule has 4 nitrogen and oxygen atoms in total. The molecule has 1 aromatic carbocycles. The van der Waals surface area contributed by atoms with Crippen LogP contribution in [0.2, 0.25) is 0 Å². The number of aromatic nitrogens is 1. The average Bonchev–Trinajstić information content (AvgIpc) is 2.83. The number of carbonyl (C=O) groups is 1. The van der Waals surface area contributed by atoms with E-state index >= 15 is 0 Å². The van der Waals surface area contributed by atoms with Gasteiger partial charge in [-0.15, -0.1) is 0 Å². The van der Waals surface area contributed by atoms with E-state index in [4.69, 9.17) is 0 Å². The number of anilines is 1. The van der Waals surface area contributed by atoms with Gasteiger partial charge in [0.15, 0.2) is 5.13 Å². The molecule has 0 radical (unpaired) electrons. The van der Waals surface area contributed by atoms with Crippen LogP contribution in [0.3, 0.4) is 0 Å². The molecule has 0 unspecified atom stereocenters. The monoisotopic (exact) mass is 337 g/mol. The van der Waals surface area contributed by atoms with Gasteiger partial charge in [-0.2, -0.15) is 0 Å². The van der Waals surface area contributed by atoms with Crippen LogP contribution in [0.15, 0.2) is 34.2 Å². The van der Waals surface area contributed by atoms with Crippen LogP contribution in [0, 0.1) is 0 Å². The molecule has 0 saturated carbocycles. The SMILES string of the molecule is O=C(Nc1ncc(Br)s1)[C@@H]1Cc2ccccc2CN1. The van der Waals surface area contributed by atoms with E-state index in [0.717, 1.165) is 10.3 Å². The molecule has 0 aliphatic carbocycles. The third kappa shape index (κ3) is 2.86. The van der Waals surface area contributed by atoms with E-state index in [9.17, 15) is 4.79 Å². The third-order valence-electron chi connectivity index (χ3n) is 3.11. The van der Waals surface area contributed by atoms with Crippen LogP contribution in [0.1, 0.15) is 11.1 Å². The minimum atomic E-state index is -0.197. The predicted molar refractivity (Wildman–Crippen MR) is 79.2 cm³/mol. The summed E-state index contributed by atoms with van der Waals surface area (Å²) in [6.07, 6.45) is 2.40. The van der Waals surface area contributed by atoms with Gasteiger partial charge in [-0.05, 0) is 33.5 Å². The smallest absolute Gasteiger partial charge is 0.243 e. The summed E-state index contributed by atoms with van der Waals surface area (Å²) < 4.78 is 0.907. The van der Waals surface area contributed by atoms with E-state index in [1.807, 2.05) is 12.1 Å². The van der Waals surface area contributed by atoms with Crippen LogP contribution < -0.4 is 10.6 Å². The molecule has 0 fully saturated rings. The maximum absolute atomic E-state index is 12.2. The second-order valence-electron chi connectivity index (χ2n) is 4.37. The lowest BCUT2D eigenvalue weighted by atomic mass is 9.95. The van der Waals surface area contributed by atoms with E-state index in [0.29, 0.717) is 11.6 Å². The molecule has 19 heavy (non-hydrogen) atoms. The number of hydrogen-bond donors (Lipinski definition) is 2. The van der Waals surface area contributed by atoms with Crippen LogP contribution in [-0.4, -0.2) is 16.9 Å². The highest BCUT2D eigenvalue weighted by Gasteiger charge is 2.24. The summed E-state index contributed by atoms with van der Waals surface area (Å²) in [6.45, 7) is 0.732. The lowest BCUT2D eigenvalue weighted by Crippen LogP contribution is -2.44. The van der Waals surface area contributed by atoms with E-state index in [1.54, 1.807) is 6.20 Å². The molecule has 2 N–H and O–H groups in total. The number of carbonyl (C=O) groups excluding carboxylic acids is 1. The molecular weight excluding hydrogens is 326 g/mol. The summed E-state index contributed by atoms with van der Waals surface area (Å²) in [7, 11) is 0. The molecule has 1 amide bonds. The highest BCUT2D eigenvalue weighted by Crippen LogP contribution is 2.24. The van der Waals surface area contributed by atoms with Gasteiger partial charge in [0.1, 0.15) is 0 Å². The first-order valence-corrected chi connectivity index (χ1v) is 7.55. The Morgan fingerprint density at radius 1 is 1.42 bits per heavy atom. The molecule has 1 aliphatic rings. The molecule has 2 heterocycles. The second-order valence-corrected chi connectivity index (χ2v) is 6.77. The molecule has 0 saturated heterocycles. The molecular formula is C13H12BrN3OS. The van der Waals surface area contributed by atoms with Crippen molar-refractivity contribution in [2.45, 2.75) is 19.0 Å². The first-order valence-electron chi connectivity index (χ1n) is 5.95. The van der Waals surface area contributed by atoms with Gasteiger partial charge in [-0.3, -0.25) is 4.79 Å². The maximum atomic E-state index is 12.2. The summed E-state index contributed by atoms with van der Waals surface area (Å²) in [5.74, 6) is -0.0312. The van der Waals surface area contributed by atoms with E-state index in [1.165, 1.54) is 22.5 Å². The number of nitrogens with one attached hydrogen (secondary N) is 2. The van der Waals surface area contributed by atoms with Gasteiger partial charge >= 0.3 is 0 Å². The first kappa shape index (κ1) is 12.8. The number of nitrogens with zero attached hydrogens (tertiary/aromatic N) is 1. The highest BCUT2D eigenvalue weighted by atomic mass is 79.9. The number of amides is 1. The minimum Gasteiger partial charge on any atom is -0.301 e. The van der Waals surface area contributed by atoms with Gasteiger partial charge < -0.3 is 10.6 Å².